The quantitative estimate of drug-likeness (QED) is 0.178. The summed E-state index contributed by atoms with van der Waals surface area (Å²) in [6.45, 7) is 13.9. The molecule has 7 heterocycles. The number of piperidine rings is 2. The number of benzene rings is 3. The highest BCUT2D eigenvalue weighted by molar-refractivity contribution is 6.02. The average molecular weight is 777 g/mol. The van der Waals surface area contributed by atoms with Gasteiger partial charge < -0.3 is 35.4 Å². The molecule has 0 bridgehead atoms. The number of hydrogen-bond donors (Lipinski definition) is 3. The number of amides is 2. The Labute approximate surface area is 338 Å². The lowest BCUT2D eigenvalue weighted by Crippen LogP contribution is -2.53. The number of ether oxygens (including phenoxy) is 1. The van der Waals surface area contributed by atoms with E-state index in [2.05, 4.69) is 109 Å². The summed E-state index contributed by atoms with van der Waals surface area (Å²) in [6, 6.07) is 21.2. The zero-order chi connectivity index (χ0) is 39.3. The summed E-state index contributed by atoms with van der Waals surface area (Å²) in [5, 5.41) is 10.6. The molecule has 5 aliphatic rings. The summed E-state index contributed by atoms with van der Waals surface area (Å²) < 4.78 is 5.73. The number of carbonyl (C=O) groups is 2. The molecule has 13 nitrogen and oxygen atoms in total. The lowest BCUT2D eigenvalue weighted by atomic mass is 10.00. The van der Waals surface area contributed by atoms with Crippen molar-refractivity contribution in [1.29, 1.82) is 0 Å². The molecule has 3 fully saturated rings. The number of aromatic nitrogens is 3. The van der Waals surface area contributed by atoms with E-state index in [1.54, 1.807) is 4.90 Å². The van der Waals surface area contributed by atoms with Crippen LogP contribution in [0, 0.1) is 6.92 Å². The number of hydrogen-bond acceptors (Lipinski definition) is 11. The van der Waals surface area contributed by atoms with E-state index in [1.807, 2.05) is 18.5 Å². The number of carbonyl (C=O) groups excluding carboxylic acids is 2. The van der Waals surface area contributed by atoms with Gasteiger partial charge in [-0.25, -0.2) is 15.0 Å². The van der Waals surface area contributed by atoms with Gasteiger partial charge in [0.2, 0.25) is 17.7 Å². The van der Waals surface area contributed by atoms with E-state index >= 15 is 0 Å². The Kier molecular flexibility index (Phi) is 9.31. The zero-order valence-electron chi connectivity index (χ0n) is 32.8. The van der Waals surface area contributed by atoms with E-state index < -0.39 is 6.04 Å². The fourth-order valence-electron chi connectivity index (χ4n) is 9.32. The molecular weight excluding hydrogens is 729 g/mol. The minimum atomic E-state index is -0.435. The molecule has 5 aliphatic heterocycles. The molecule has 5 aromatic rings. The van der Waals surface area contributed by atoms with Crippen LogP contribution in [-0.2, 0) is 11.3 Å². The lowest BCUT2D eigenvalue weighted by molar-refractivity contribution is -0.126. The Morgan fingerprint density at radius 3 is 2.45 bits per heavy atom. The predicted molar refractivity (Wildman–Crippen MR) is 227 cm³/mol. The summed E-state index contributed by atoms with van der Waals surface area (Å²) in [5.74, 6) is 1.04. The molecule has 1 atom stereocenters. The number of rotatable bonds is 7. The Morgan fingerprint density at radius 2 is 1.64 bits per heavy atom. The Morgan fingerprint density at radius 1 is 0.845 bits per heavy atom. The normalized spacial score (nSPS) is 20.1. The minimum absolute atomic E-state index is 0.0484. The number of nitrogens with one attached hydrogen (secondary N) is 3. The van der Waals surface area contributed by atoms with Gasteiger partial charge in [0.1, 0.15) is 18.3 Å². The molecule has 0 aliphatic carbocycles. The molecule has 2 amide bonds. The van der Waals surface area contributed by atoms with Gasteiger partial charge >= 0.3 is 0 Å². The molecule has 1 unspecified atom stereocenters. The van der Waals surface area contributed by atoms with Crippen molar-refractivity contribution in [3.05, 3.63) is 102 Å². The molecule has 13 heteroatoms. The van der Waals surface area contributed by atoms with Crippen molar-refractivity contribution in [1.82, 2.24) is 30.1 Å². The van der Waals surface area contributed by atoms with Gasteiger partial charge in [0, 0.05) is 110 Å². The van der Waals surface area contributed by atoms with E-state index in [0.717, 1.165) is 120 Å². The molecule has 3 aromatic carbocycles. The third-order valence-electron chi connectivity index (χ3n) is 12.6. The Hall–Kier alpha value is -6.21. The lowest BCUT2D eigenvalue weighted by Gasteiger charge is -2.44. The van der Waals surface area contributed by atoms with E-state index in [0.29, 0.717) is 43.9 Å². The zero-order valence-corrected chi connectivity index (χ0v) is 32.8. The molecule has 58 heavy (non-hydrogen) atoms. The molecular formula is C45H48N10O3. The van der Waals surface area contributed by atoms with Crippen LogP contribution >= 0.6 is 0 Å². The largest absolute Gasteiger partial charge is 0.474 e. The topological polar surface area (TPSA) is 131 Å². The van der Waals surface area contributed by atoms with Crippen LogP contribution in [0.3, 0.4) is 0 Å². The summed E-state index contributed by atoms with van der Waals surface area (Å²) >= 11 is 0. The monoisotopic (exact) mass is 776 g/mol. The van der Waals surface area contributed by atoms with Crippen LogP contribution in [0.15, 0.2) is 85.3 Å². The maximum absolute atomic E-state index is 13.2. The highest BCUT2D eigenvalue weighted by atomic mass is 16.5. The molecule has 0 radical (unpaired) electrons. The predicted octanol–water partition coefficient (Wildman–Crippen LogP) is 6.09. The van der Waals surface area contributed by atoms with Gasteiger partial charge in [-0.3, -0.25) is 14.5 Å². The van der Waals surface area contributed by atoms with Crippen molar-refractivity contribution in [3.63, 3.8) is 0 Å². The third kappa shape index (κ3) is 6.82. The SMILES string of the molecule is C=C1CCC(N2Cc3cc(N4CCN(C5CCN(c6ccc(Nc7ncc8ccc(-c9cnc%10c(c9C)NCCO%10)cc8n7)cc6)CC5)CC4)ccc3C2=O)C(=O)N1. The van der Waals surface area contributed by atoms with Crippen molar-refractivity contribution in [3.8, 4) is 17.0 Å². The van der Waals surface area contributed by atoms with E-state index in [1.165, 1.54) is 5.69 Å². The number of nitrogens with zero attached hydrogens (tertiary/aromatic N) is 7. The number of piperazine rings is 1. The Bertz CT molecular complexity index is 2420. The highest BCUT2D eigenvalue weighted by Crippen LogP contribution is 2.37. The van der Waals surface area contributed by atoms with Crippen molar-refractivity contribution >= 4 is 51.4 Å². The van der Waals surface area contributed by atoms with Gasteiger partial charge in [0.05, 0.1) is 5.52 Å². The van der Waals surface area contributed by atoms with E-state index in [4.69, 9.17) is 9.72 Å². The second-order valence-corrected chi connectivity index (χ2v) is 16.1. The van der Waals surface area contributed by atoms with E-state index in [9.17, 15) is 9.59 Å². The standard InChI is InChI=1S/C45H48N10O3/c1-28-3-12-40(42(56)49-28)55-27-32-23-36(10-11-37(32)44(55)57)54-20-18-53(19-21-54)35-13-16-52(17-14-35)34-8-6-33(7-9-34)50-45-48-25-31-5-4-30(24-39(31)51-45)38-26-47-43-41(29(38)2)46-15-22-58-43/h4-11,23-26,35,40,46H,1,3,12-22,27H2,2H3,(H,49,56)(H,48,50,51). The minimum Gasteiger partial charge on any atom is -0.474 e. The fourth-order valence-corrected chi connectivity index (χ4v) is 9.32. The molecule has 3 N–H and O–H groups in total. The maximum atomic E-state index is 13.2. The van der Waals surface area contributed by atoms with Crippen molar-refractivity contribution in [2.75, 3.05) is 72.9 Å². The van der Waals surface area contributed by atoms with Crippen LogP contribution in [-0.4, -0.2) is 101 Å². The third-order valence-corrected chi connectivity index (χ3v) is 12.6. The highest BCUT2D eigenvalue weighted by Gasteiger charge is 2.38. The van der Waals surface area contributed by atoms with Crippen LogP contribution in [0.5, 0.6) is 5.88 Å². The smallest absolute Gasteiger partial charge is 0.255 e. The first-order valence-electron chi connectivity index (χ1n) is 20.5. The number of allylic oxidation sites excluding steroid dienone is 1. The second kappa shape index (κ2) is 14.9. The number of pyridine rings is 1. The first-order chi connectivity index (χ1) is 28.3. The van der Waals surface area contributed by atoms with Crippen LogP contribution in [0.4, 0.5) is 28.7 Å². The van der Waals surface area contributed by atoms with Crippen LogP contribution in [0.2, 0.25) is 0 Å². The molecule has 10 rings (SSSR count). The van der Waals surface area contributed by atoms with Crippen molar-refractivity contribution in [2.24, 2.45) is 0 Å². The van der Waals surface area contributed by atoms with Gasteiger partial charge in [0.25, 0.3) is 5.91 Å². The first-order valence-corrected chi connectivity index (χ1v) is 20.5. The summed E-state index contributed by atoms with van der Waals surface area (Å²) in [4.78, 5) is 49.2. The second-order valence-electron chi connectivity index (χ2n) is 16.1. The van der Waals surface area contributed by atoms with Crippen molar-refractivity contribution < 1.29 is 14.3 Å². The van der Waals surface area contributed by atoms with Crippen LogP contribution in [0.25, 0.3) is 22.0 Å². The molecule has 296 valence electrons. The van der Waals surface area contributed by atoms with Gasteiger partial charge in [-0.2, -0.15) is 0 Å². The Balaban J connectivity index is 0.720. The maximum Gasteiger partial charge on any atom is 0.255 e. The molecule has 0 spiro atoms. The van der Waals surface area contributed by atoms with Gasteiger partial charge in [0.15, 0.2) is 0 Å². The summed E-state index contributed by atoms with van der Waals surface area (Å²) in [5.41, 5.74) is 10.8. The van der Waals surface area contributed by atoms with Gasteiger partial charge in [-0.1, -0.05) is 18.7 Å². The number of fused-ring (bicyclic) bond motifs is 3. The van der Waals surface area contributed by atoms with Gasteiger partial charge in [-0.05, 0) is 97.8 Å². The first kappa shape index (κ1) is 36.2. The molecule has 3 saturated heterocycles. The van der Waals surface area contributed by atoms with E-state index in [-0.39, 0.29) is 11.8 Å². The summed E-state index contributed by atoms with van der Waals surface area (Å²) in [6.07, 6.45) is 7.34. The summed E-state index contributed by atoms with van der Waals surface area (Å²) in [7, 11) is 0. The van der Waals surface area contributed by atoms with Crippen LogP contribution < -0.4 is 30.5 Å². The number of anilines is 5. The van der Waals surface area contributed by atoms with Gasteiger partial charge in [-0.15, -0.1) is 0 Å². The fraction of sp³-hybridized carbons (Fsp3) is 0.356. The average Bonchev–Trinajstić information content (AvgIpc) is 3.58. The molecule has 0 saturated carbocycles. The van der Waals surface area contributed by atoms with Crippen molar-refractivity contribution in [2.45, 2.75) is 51.2 Å². The molecule has 2 aromatic heterocycles. The van der Waals surface area contributed by atoms with Crippen LogP contribution in [0.1, 0.15) is 47.2 Å².